The first kappa shape index (κ1) is 33.1. The highest BCUT2D eigenvalue weighted by molar-refractivity contribution is 6.04. The number of ketones is 1. The Morgan fingerprint density at radius 1 is 1.05 bits per heavy atom. The van der Waals surface area contributed by atoms with E-state index in [4.69, 9.17) is 33.2 Å². The van der Waals surface area contributed by atoms with Crippen molar-refractivity contribution in [1.82, 2.24) is 0 Å². The Kier molecular flexibility index (Phi) is 11.5. The van der Waals surface area contributed by atoms with Gasteiger partial charge in [-0.2, -0.15) is 0 Å². The third kappa shape index (κ3) is 7.35. The fourth-order valence-electron chi connectivity index (χ4n) is 5.81. The fourth-order valence-corrected chi connectivity index (χ4v) is 5.81. The van der Waals surface area contributed by atoms with E-state index in [1.165, 1.54) is 14.2 Å². The summed E-state index contributed by atoms with van der Waals surface area (Å²) in [6, 6.07) is 1.75. The molecule has 3 rings (SSSR count). The molecule has 10 heteroatoms. The van der Waals surface area contributed by atoms with E-state index >= 15 is 0 Å². The average molecular weight is 579 g/mol. The van der Waals surface area contributed by atoms with Crippen molar-refractivity contribution in [1.29, 1.82) is 0 Å². The molecule has 10 nitrogen and oxygen atoms in total. The van der Waals surface area contributed by atoms with Crippen LogP contribution >= 0.6 is 0 Å². The lowest BCUT2D eigenvalue weighted by atomic mass is 9.81. The SMILES string of the molecule is CCC[C@H](C(=O)c1cc(CC(C)C)c(OCOC)c(C=O)c1OCOC)[C@H]1C[C@H](C2(C=O)OC2CC)OC(C)(C)O1. The first-order valence-electron chi connectivity index (χ1n) is 14.4. The minimum absolute atomic E-state index is 0.0763. The summed E-state index contributed by atoms with van der Waals surface area (Å²) >= 11 is 0. The minimum atomic E-state index is -1.05. The molecule has 5 atom stereocenters. The van der Waals surface area contributed by atoms with Crippen molar-refractivity contribution in [2.75, 3.05) is 27.8 Å². The molecule has 2 saturated heterocycles. The van der Waals surface area contributed by atoms with Gasteiger partial charge < -0.3 is 33.2 Å². The molecule has 0 spiro atoms. The summed E-state index contributed by atoms with van der Waals surface area (Å²) < 4.78 is 40.3. The first-order valence-corrected chi connectivity index (χ1v) is 14.4. The highest BCUT2D eigenvalue weighted by atomic mass is 16.7. The number of benzene rings is 1. The number of hydrogen-bond donors (Lipinski definition) is 0. The standard InChI is InChI=1S/C31H46O10/c1-9-11-21(24-14-26(40-30(5,6)39-24)31(16-33)25(10-2)41-31)27(34)22-13-20(12-19(3)4)28(37-17-35-7)23(15-32)29(22)38-18-36-8/h13,15-16,19,21,24-26H,9-12,14,17-18H2,1-8H3/t21-,24+,25?,26+,31?/m0/s1. The summed E-state index contributed by atoms with van der Waals surface area (Å²) in [5.41, 5.74) is 0.0344. The Morgan fingerprint density at radius 3 is 2.22 bits per heavy atom. The van der Waals surface area contributed by atoms with Gasteiger partial charge in [-0.15, -0.1) is 0 Å². The second-order valence-electron chi connectivity index (χ2n) is 11.6. The van der Waals surface area contributed by atoms with Gasteiger partial charge in [-0.05, 0) is 50.7 Å². The van der Waals surface area contributed by atoms with Gasteiger partial charge >= 0.3 is 0 Å². The quantitative estimate of drug-likeness (QED) is 0.109. The zero-order valence-corrected chi connectivity index (χ0v) is 25.7. The summed E-state index contributed by atoms with van der Waals surface area (Å²) in [5.74, 6) is -1.26. The summed E-state index contributed by atoms with van der Waals surface area (Å²) in [7, 11) is 2.95. The van der Waals surface area contributed by atoms with Crippen molar-refractivity contribution >= 4 is 18.4 Å². The number of epoxide rings is 1. The molecule has 0 aliphatic carbocycles. The number of carbonyl (C=O) groups is 3. The number of ether oxygens (including phenoxy) is 7. The van der Waals surface area contributed by atoms with Crippen LogP contribution in [-0.4, -0.2) is 75.9 Å². The van der Waals surface area contributed by atoms with Gasteiger partial charge in [0.2, 0.25) is 0 Å². The van der Waals surface area contributed by atoms with Gasteiger partial charge in [0.1, 0.15) is 17.6 Å². The predicted molar refractivity (Wildman–Crippen MR) is 151 cm³/mol. The van der Waals surface area contributed by atoms with Crippen LogP contribution in [0.5, 0.6) is 11.5 Å². The molecule has 2 fully saturated rings. The number of rotatable bonds is 17. The van der Waals surface area contributed by atoms with Gasteiger partial charge in [-0.3, -0.25) is 14.4 Å². The molecule has 0 saturated carbocycles. The van der Waals surface area contributed by atoms with E-state index < -0.39 is 29.5 Å². The first-order chi connectivity index (χ1) is 19.5. The maximum Gasteiger partial charge on any atom is 0.188 e. The Labute approximate surface area is 243 Å². The molecule has 0 N–H and O–H groups in total. The molecular weight excluding hydrogens is 532 g/mol. The number of aldehydes is 2. The van der Waals surface area contributed by atoms with Gasteiger partial charge in [0.15, 0.2) is 43.3 Å². The molecule has 0 bridgehead atoms. The van der Waals surface area contributed by atoms with E-state index in [0.29, 0.717) is 49.7 Å². The van der Waals surface area contributed by atoms with E-state index in [1.54, 1.807) is 19.9 Å². The number of Topliss-reactive ketones (excluding diaryl/α,β-unsaturated/α-hetero) is 1. The van der Waals surface area contributed by atoms with Gasteiger partial charge in [-0.1, -0.05) is 34.1 Å². The Hall–Kier alpha value is -2.37. The Balaban J connectivity index is 2.11. The lowest BCUT2D eigenvalue weighted by Crippen LogP contribution is -2.54. The molecule has 0 radical (unpaired) electrons. The molecule has 0 amide bonds. The van der Waals surface area contributed by atoms with Crippen LogP contribution in [0.25, 0.3) is 0 Å². The Bertz CT molecular complexity index is 1070. The number of hydrogen-bond acceptors (Lipinski definition) is 10. The van der Waals surface area contributed by atoms with Gasteiger partial charge in [-0.25, -0.2) is 0 Å². The zero-order valence-electron chi connectivity index (χ0n) is 25.7. The topological polar surface area (TPSA) is 119 Å². The average Bonchev–Trinajstić information content (AvgIpc) is 3.67. The lowest BCUT2D eigenvalue weighted by Gasteiger charge is -2.44. The van der Waals surface area contributed by atoms with E-state index in [2.05, 4.69) is 0 Å². The van der Waals surface area contributed by atoms with Gasteiger partial charge in [0.05, 0.1) is 23.3 Å². The summed E-state index contributed by atoms with van der Waals surface area (Å²) in [6.07, 6.45) is 2.85. The van der Waals surface area contributed by atoms with Crippen molar-refractivity contribution in [2.24, 2.45) is 11.8 Å². The largest absolute Gasteiger partial charge is 0.466 e. The zero-order chi connectivity index (χ0) is 30.4. The molecule has 1 aromatic carbocycles. The van der Waals surface area contributed by atoms with E-state index in [0.717, 1.165) is 6.29 Å². The van der Waals surface area contributed by atoms with Crippen LogP contribution < -0.4 is 9.47 Å². The molecule has 0 aromatic heterocycles. The fraction of sp³-hybridized carbons (Fsp3) is 0.710. The number of methoxy groups -OCH3 is 2. The third-order valence-electron chi connectivity index (χ3n) is 7.54. The molecule has 2 heterocycles. The maximum atomic E-state index is 14.5. The Morgan fingerprint density at radius 2 is 1.71 bits per heavy atom. The van der Waals surface area contributed by atoms with Crippen molar-refractivity contribution in [3.8, 4) is 11.5 Å². The summed E-state index contributed by atoms with van der Waals surface area (Å²) in [5, 5.41) is 0. The highest BCUT2D eigenvalue weighted by Crippen LogP contribution is 2.48. The van der Waals surface area contributed by atoms with E-state index in [1.807, 2.05) is 27.7 Å². The molecule has 1 aromatic rings. The van der Waals surface area contributed by atoms with Crippen LogP contribution in [0.15, 0.2) is 6.07 Å². The smallest absolute Gasteiger partial charge is 0.188 e. The molecule has 2 aliphatic heterocycles. The van der Waals surface area contributed by atoms with Crippen LogP contribution in [0.1, 0.15) is 93.5 Å². The van der Waals surface area contributed by atoms with Gasteiger partial charge in [0, 0.05) is 26.6 Å². The molecular formula is C31H46O10. The van der Waals surface area contributed by atoms with Crippen LogP contribution in [0.4, 0.5) is 0 Å². The van der Waals surface area contributed by atoms with Crippen LogP contribution in [-0.2, 0) is 34.9 Å². The van der Waals surface area contributed by atoms with E-state index in [9.17, 15) is 14.4 Å². The van der Waals surface area contributed by atoms with Crippen LogP contribution in [0, 0.1) is 11.8 Å². The predicted octanol–water partition coefficient (Wildman–Crippen LogP) is 4.92. The highest BCUT2D eigenvalue weighted by Gasteiger charge is 2.64. The second-order valence-corrected chi connectivity index (χ2v) is 11.6. The third-order valence-corrected chi connectivity index (χ3v) is 7.54. The van der Waals surface area contributed by atoms with Crippen molar-refractivity contribution in [2.45, 2.75) is 103 Å². The second kappa shape index (κ2) is 14.2. The molecule has 41 heavy (non-hydrogen) atoms. The molecule has 230 valence electrons. The molecule has 2 aliphatic rings. The summed E-state index contributed by atoms with van der Waals surface area (Å²) in [4.78, 5) is 39.2. The number of carbonyl (C=O) groups excluding carboxylic acids is 3. The monoisotopic (exact) mass is 578 g/mol. The maximum absolute atomic E-state index is 14.5. The van der Waals surface area contributed by atoms with Crippen LogP contribution in [0.2, 0.25) is 0 Å². The summed E-state index contributed by atoms with van der Waals surface area (Å²) in [6.45, 7) is 11.4. The van der Waals surface area contributed by atoms with Crippen LogP contribution in [0.3, 0.4) is 0 Å². The van der Waals surface area contributed by atoms with Crippen molar-refractivity contribution in [3.05, 3.63) is 22.8 Å². The van der Waals surface area contributed by atoms with Crippen molar-refractivity contribution in [3.63, 3.8) is 0 Å². The van der Waals surface area contributed by atoms with E-state index in [-0.39, 0.29) is 48.3 Å². The van der Waals surface area contributed by atoms with Crippen molar-refractivity contribution < 1.29 is 47.5 Å². The van der Waals surface area contributed by atoms with Gasteiger partial charge in [0.25, 0.3) is 0 Å². The molecule has 2 unspecified atom stereocenters. The minimum Gasteiger partial charge on any atom is -0.466 e. The normalized spacial score (nSPS) is 25.9. The lowest BCUT2D eigenvalue weighted by molar-refractivity contribution is -0.312.